The molecular weight excluding hydrogens is 392 g/mol. The first kappa shape index (κ1) is 31.4. The Morgan fingerprint density at radius 3 is 1.59 bits per heavy atom. The van der Waals surface area contributed by atoms with E-state index in [4.69, 9.17) is 5.73 Å². The van der Waals surface area contributed by atoms with Gasteiger partial charge in [-0.2, -0.15) is 0 Å². The predicted molar refractivity (Wildman–Crippen MR) is 143 cm³/mol. The van der Waals surface area contributed by atoms with E-state index in [1.807, 2.05) is 0 Å². The number of rotatable bonds is 23. The number of amides is 1. The normalized spacial score (nSPS) is 13.8. The lowest BCUT2D eigenvalue weighted by atomic mass is 9.82. The van der Waals surface area contributed by atoms with Crippen LogP contribution in [0.15, 0.2) is 0 Å². The van der Waals surface area contributed by atoms with Gasteiger partial charge in [0.25, 0.3) is 0 Å². The maximum atomic E-state index is 12.6. The number of carbonyl (C=O) groups is 1. The van der Waals surface area contributed by atoms with Gasteiger partial charge >= 0.3 is 0 Å². The Kier molecular flexibility index (Phi) is 20.6. The number of carbonyl (C=O) groups excluding carboxylic acids is 1. The summed E-state index contributed by atoms with van der Waals surface area (Å²) in [7, 11) is 0. The predicted octanol–water partition coefficient (Wildman–Crippen LogP) is 8.69. The Balaban J connectivity index is 4.28. The summed E-state index contributed by atoms with van der Waals surface area (Å²) in [5, 5.41) is 3.39. The van der Waals surface area contributed by atoms with Gasteiger partial charge in [-0.3, -0.25) is 4.79 Å². The van der Waals surface area contributed by atoms with E-state index >= 15 is 0 Å². The second-order valence-electron chi connectivity index (χ2n) is 11.0. The highest BCUT2D eigenvalue weighted by Gasteiger charge is 2.26. The van der Waals surface area contributed by atoms with E-state index in [2.05, 4.69) is 39.9 Å². The van der Waals surface area contributed by atoms with Crippen LogP contribution in [-0.2, 0) is 4.79 Å². The largest absolute Gasteiger partial charge is 0.353 e. The number of unbranched alkanes of at least 4 members (excludes halogenated alkanes) is 14. The van der Waals surface area contributed by atoms with Crippen LogP contribution in [0.1, 0.15) is 163 Å². The van der Waals surface area contributed by atoms with Gasteiger partial charge in [0.1, 0.15) is 0 Å². The molecule has 0 spiro atoms. The zero-order chi connectivity index (χ0) is 24.1. The minimum absolute atomic E-state index is 0.180. The van der Waals surface area contributed by atoms with Crippen molar-refractivity contribution in [3.63, 3.8) is 0 Å². The number of nitrogens with one attached hydrogen (secondary N) is 1. The third-order valence-electron chi connectivity index (χ3n) is 6.83. The summed E-state index contributed by atoms with van der Waals surface area (Å²) in [6, 6.07) is 0.268. The summed E-state index contributed by atoms with van der Waals surface area (Å²) in [6.45, 7) is 11.0. The fraction of sp³-hybridized carbons (Fsp3) is 0.966. The molecule has 0 heterocycles. The topological polar surface area (TPSA) is 55.1 Å². The van der Waals surface area contributed by atoms with Crippen LogP contribution in [0.4, 0.5) is 0 Å². The first-order valence-electron chi connectivity index (χ1n) is 14.4. The quantitative estimate of drug-likeness (QED) is 0.152. The number of nitrogens with two attached hydrogens (primary N) is 1. The van der Waals surface area contributed by atoms with Crippen molar-refractivity contribution in [1.82, 2.24) is 5.32 Å². The van der Waals surface area contributed by atoms with E-state index in [1.165, 1.54) is 103 Å². The van der Waals surface area contributed by atoms with Crippen molar-refractivity contribution in [3.8, 4) is 0 Å². The molecule has 32 heavy (non-hydrogen) atoms. The Bertz CT molecular complexity index is 416. The molecule has 0 bridgehead atoms. The Morgan fingerprint density at radius 2 is 1.16 bits per heavy atom. The zero-order valence-corrected chi connectivity index (χ0v) is 22.8. The molecule has 0 aliphatic heterocycles. The van der Waals surface area contributed by atoms with Gasteiger partial charge < -0.3 is 11.1 Å². The fourth-order valence-corrected chi connectivity index (χ4v) is 4.91. The number of hydrogen-bond acceptors (Lipinski definition) is 2. The molecule has 2 unspecified atom stereocenters. The molecule has 3 heteroatoms. The molecule has 0 fully saturated rings. The van der Waals surface area contributed by atoms with Crippen LogP contribution in [0.3, 0.4) is 0 Å². The van der Waals surface area contributed by atoms with Crippen molar-refractivity contribution >= 4 is 5.91 Å². The van der Waals surface area contributed by atoms with Gasteiger partial charge in [0.2, 0.25) is 5.91 Å². The summed E-state index contributed by atoms with van der Waals surface area (Å²) < 4.78 is 0. The van der Waals surface area contributed by atoms with Crippen LogP contribution < -0.4 is 11.1 Å². The molecule has 0 rings (SSSR count). The smallest absolute Gasteiger partial charge is 0.220 e. The van der Waals surface area contributed by atoms with E-state index in [1.54, 1.807) is 0 Å². The third-order valence-corrected chi connectivity index (χ3v) is 6.83. The van der Waals surface area contributed by atoms with Crippen molar-refractivity contribution in [1.29, 1.82) is 0 Å². The first-order chi connectivity index (χ1) is 15.3. The second kappa shape index (κ2) is 21.0. The monoisotopic (exact) mass is 452 g/mol. The molecule has 3 nitrogen and oxygen atoms in total. The van der Waals surface area contributed by atoms with Crippen LogP contribution in [0.25, 0.3) is 0 Å². The summed E-state index contributed by atoms with van der Waals surface area (Å²) in [6.07, 6.45) is 24.9. The molecule has 0 aromatic carbocycles. The molecule has 3 N–H and O–H groups in total. The summed E-state index contributed by atoms with van der Waals surface area (Å²) in [5.41, 5.74) is 6.23. The van der Waals surface area contributed by atoms with Crippen LogP contribution in [0.5, 0.6) is 0 Å². The van der Waals surface area contributed by atoms with Crippen LogP contribution >= 0.6 is 0 Å². The summed E-state index contributed by atoms with van der Waals surface area (Å²) in [4.78, 5) is 12.6. The third kappa shape index (κ3) is 20.1. The minimum Gasteiger partial charge on any atom is -0.353 e. The highest BCUT2D eigenvalue weighted by atomic mass is 16.1. The molecule has 0 radical (unpaired) electrons. The number of hydrogen-bond donors (Lipinski definition) is 2. The molecule has 1 amide bonds. The molecule has 0 aliphatic rings. The molecule has 192 valence electrons. The standard InChI is InChI=1S/C29H60N2O/c1-6-9-11-13-15-16-18-19-21-23-26(25-29(4,5)30)27(8-3)31-28(32)24-22-20-17-14-12-10-7-2/h26-27H,6-25,30H2,1-5H3,(H,31,32). The van der Waals surface area contributed by atoms with Crippen molar-refractivity contribution in [2.24, 2.45) is 11.7 Å². The van der Waals surface area contributed by atoms with E-state index in [0.717, 1.165) is 19.3 Å². The lowest BCUT2D eigenvalue weighted by molar-refractivity contribution is -0.122. The van der Waals surface area contributed by atoms with Gasteiger partial charge in [0.15, 0.2) is 0 Å². The maximum absolute atomic E-state index is 12.6. The molecule has 0 aliphatic carbocycles. The zero-order valence-electron chi connectivity index (χ0n) is 22.8. The molecule has 0 aromatic rings. The average Bonchev–Trinajstić information content (AvgIpc) is 2.74. The van der Waals surface area contributed by atoms with Crippen molar-refractivity contribution in [2.75, 3.05) is 0 Å². The van der Waals surface area contributed by atoms with Crippen molar-refractivity contribution < 1.29 is 4.79 Å². The Morgan fingerprint density at radius 1 is 0.719 bits per heavy atom. The van der Waals surface area contributed by atoms with Crippen LogP contribution in [0, 0.1) is 5.92 Å². The van der Waals surface area contributed by atoms with E-state index in [-0.39, 0.29) is 17.5 Å². The lowest BCUT2D eigenvalue weighted by Gasteiger charge is -2.32. The van der Waals surface area contributed by atoms with Gasteiger partial charge in [-0.15, -0.1) is 0 Å². The maximum Gasteiger partial charge on any atom is 0.220 e. The summed E-state index contributed by atoms with van der Waals surface area (Å²) >= 11 is 0. The molecular formula is C29H60N2O. The fourth-order valence-electron chi connectivity index (χ4n) is 4.91. The highest BCUT2D eigenvalue weighted by Crippen LogP contribution is 2.26. The van der Waals surface area contributed by atoms with Crippen molar-refractivity contribution in [2.45, 2.75) is 175 Å². The van der Waals surface area contributed by atoms with Gasteiger partial charge in [0, 0.05) is 18.0 Å². The Labute approximate surface area is 202 Å². The SMILES string of the molecule is CCCCCCCCCCCC(CC(C)(C)N)C(CC)NC(=O)CCCCCCCCC. The highest BCUT2D eigenvalue weighted by molar-refractivity contribution is 5.76. The van der Waals surface area contributed by atoms with Crippen molar-refractivity contribution in [3.05, 3.63) is 0 Å². The average molecular weight is 453 g/mol. The first-order valence-corrected chi connectivity index (χ1v) is 14.4. The minimum atomic E-state index is -0.180. The van der Waals surface area contributed by atoms with Gasteiger partial charge in [-0.05, 0) is 45.4 Å². The lowest BCUT2D eigenvalue weighted by Crippen LogP contribution is -2.44. The van der Waals surface area contributed by atoms with Gasteiger partial charge in [-0.25, -0.2) is 0 Å². The summed E-state index contributed by atoms with van der Waals surface area (Å²) in [5.74, 6) is 0.736. The second-order valence-corrected chi connectivity index (χ2v) is 11.0. The van der Waals surface area contributed by atoms with Crippen LogP contribution in [-0.4, -0.2) is 17.5 Å². The molecule has 2 atom stereocenters. The van der Waals surface area contributed by atoms with E-state index in [9.17, 15) is 4.79 Å². The van der Waals surface area contributed by atoms with Gasteiger partial charge in [0.05, 0.1) is 0 Å². The molecule has 0 saturated heterocycles. The van der Waals surface area contributed by atoms with Crippen LogP contribution in [0.2, 0.25) is 0 Å². The van der Waals surface area contributed by atoms with E-state index in [0.29, 0.717) is 12.3 Å². The molecule has 0 saturated carbocycles. The Hall–Kier alpha value is -0.570. The molecule has 0 aromatic heterocycles. The van der Waals surface area contributed by atoms with Gasteiger partial charge in [-0.1, -0.05) is 117 Å². The van der Waals surface area contributed by atoms with E-state index < -0.39 is 0 Å².